The molecule has 7 heteroatoms. The molecular formula is C27H30N2O5. The maximum absolute atomic E-state index is 13.3. The smallest absolute Gasteiger partial charge is 0.327 e. The zero-order valence-corrected chi connectivity index (χ0v) is 19.3. The van der Waals surface area contributed by atoms with Gasteiger partial charge < -0.3 is 10.2 Å². The SMILES string of the molecule is CCCCN1C(=O)C2C(c3ccc(/C=C/c4ccccc4)cc3)NC(C(=O)O)(C(C)O)C2C1=O. The summed E-state index contributed by atoms with van der Waals surface area (Å²) in [6, 6.07) is 16.6. The van der Waals surface area contributed by atoms with Crippen molar-refractivity contribution in [3.8, 4) is 0 Å². The molecule has 3 N–H and O–H groups in total. The highest BCUT2D eigenvalue weighted by Crippen LogP contribution is 2.50. The molecule has 0 aliphatic carbocycles. The van der Waals surface area contributed by atoms with Crippen molar-refractivity contribution >= 4 is 29.9 Å². The summed E-state index contributed by atoms with van der Waals surface area (Å²) in [6.45, 7) is 3.57. The standard InChI is InChI=1S/C27H30N2O5/c1-3-4-16-29-24(31)21-22(25(29)32)27(17(2)30,26(33)34)28-23(21)20-14-12-19(13-15-20)11-10-18-8-6-5-7-9-18/h5-15,17,21-23,28,30H,3-4,16H2,1-2H3,(H,33,34)/b11-10+. The van der Waals surface area contributed by atoms with Gasteiger partial charge in [-0.1, -0.05) is 80.1 Å². The Labute approximate surface area is 199 Å². The molecule has 2 fully saturated rings. The molecule has 0 bridgehead atoms. The summed E-state index contributed by atoms with van der Waals surface area (Å²) in [5, 5.41) is 23.7. The van der Waals surface area contributed by atoms with Crippen molar-refractivity contribution in [3.05, 3.63) is 71.3 Å². The summed E-state index contributed by atoms with van der Waals surface area (Å²) in [6.07, 6.45) is 4.03. The van der Waals surface area contributed by atoms with Gasteiger partial charge in [-0.05, 0) is 30.0 Å². The van der Waals surface area contributed by atoms with Crippen LogP contribution in [0.25, 0.3) is 12.2 Å². The van der Waals surface area contributed by atoms with Crippen LogP contribution in [0.1, 0.15) is 49.4 Å². The Morgan fingerprint density at radius 3 is 2.24 bits per heavy atom. The molecule has 0 aromatic heterocycles. The van der Waals surface area contributed by atoms with E-state index in [1.807, 2.05) is 73.7 Å². The quantitative estimate of drug-likeness (QED) is 0.411. The molecule has 5 unspecified atom stereocenters. The van der Waals surface area contributed by atoms with Gasteiger partial charge in [0.15, 0.2) is 5.54 Å². The number of carboxylic acid groups (broad SMARTS) is 1. The lowest BCUT2D eigenvalue weighted by molar-refractivity contribution is -0.156. The molecule has 178 valence electrons. The Morgan fingerprint density at radius 1 is 1.06 bits per heavy atom. The molecule has 0 saturated carbocycles. The lowest BCUT2D eigenvalue weighted by Crippen LogP contribution is -2.62. The normalized spacial score (nSPS) is 27.4. The van der Waals surface area contributed by atoms with Gasteiger partial charge in [0, 0.05) is 12.6 Å². The third-order valence-electron chi connectivity index (χ3n) is 7.00. The number of fused-ring (bicyclic) bond motifs is 1. The number of hydrogen-bond donors (Lipinski definition) is 3. The number of aliphatic hydroxyl groups is 1. The molecule has 0 spiro atoms. The van der Waals surface area contributed by atoms with Crippen molar-refractivity contribution < 1.29 is 24.6 Å². The van der Waals surface area contributed by atoms with Gasteiger partial charge >= 0.3 is 5.97 Å². The second kappa shape index (κ2) is 9.52. The number of carboxylic acids is 1. The number of hydrogen-bond acceptors (Lipinski definition) is 5. The van der Waals surface area contributed by atoms with Crippen LogP contribution in [0.2, 0.25) is 0 Å². The molecule has 2 heterocycles. The first-order valence-electron chi connectivity index (χ1n) is 11.7. The number of rotatable bonds is 8. The van der Waals surface area contributed by atoms with Gasteiger partial charge in [0.05, 0.1) is 17.9 Å². The second-order valence-electron chi connectivity index (χ2n) is 9.07. The average Bonchev–Trinajstić information content (AvgIpc) is 3.32. The minimum atomic E-state index is -1.94. The number of imide groups is 1. The Hall–Kier alpha value is -3.29. The van der Waals surface area contributed by atoms with Crippen LogP contribution in [-0.2, 0) is 14.4 Å². The summed E-state index contributed by atoms with van der Waals surface area (Å²) in [5.74, 6) is -4.29. The molecule has 5 atom stereocenters. The van der Waals surface area contributed by atoms with E-state index in [2.05, 4.69) is 5.32 Å². The van der Waals surface area contributed by atoms with E-state index in [1.165, 1.54) is 11.8 Å². The summed E-state index contributed by atoms with van der Waals surface area (Å²) >= 11 is 0. The Bertz CT molecular complexity index is 1100. The number of likely N-dealkylation sites (tertiary alicyclic amines) is 1. The Morgan fingerprint density at radius 2 is 1.68 bits per heavy atom. The zero-order chi connectivity index (χ0) is 24.5. The molecule has 4 rings (SSSR count). The van der Waals surface area contributed by atoms with E-state index in [-0.39, 0.29) is 12.5 Å². The summed E-state index contributed by atoms with van der Waals surface area (Å²) in [5.41, 5.74) is 0.779. The first kappa shape index (κ1) is 23.9. The monoisotopic (exact) mass is 462 g/mol. The molecule has 2 aromatic carbocycles. The number of carbonyl (C=O) groups excluding carboxylic acids is 2. The van der Waals surface area contributed by atoms with Crippen LogP contribution in [0, 0.1) is 11.8 Å². The molecule has 2 saturated heterocycles. The Balaban J connectivity index is 1.67. The van der Waals surface area contributed by atoms with Crippen LogP contribution in [0.3, 0.4) is 0 Å². The van der Waals surface area contributed by atoms with E-state index in [9.17, 15) is 24.6 Å². The fourth-order valence-corrected chi connectivity index (χ4v) is 5.15. The average molecular weight is 463 g/mol. The topological polar surface area (TPSA) is 107 Å². The summed E-state index contributed by atoms with van der Waals surface area (Å²) in [4.78, 5) is 40.2. The molecular weight excluding hydrogens is 432 g/mol. The summed E-state index contributed by atoms with van der Waals surface area (Å²) in [7, 11) is 0. The van der Waals surface area contributed by atoms with E-state index < -0.39 is 41.4 Å². The van der Waals surface area contributed by atoms with Crippen LogP contribution >= 0.6 is 0 Å². The fraction of sp³-hybridized carbons (Fsp3) is 0.370. The third-order valence-corrected chi connectivity index (χ3v) is 7.00. The van der Waals surface area contributed by atoms with Crippen molar-refractivity contribution in [3.63, 3.8) is 0 Å². The number of aliphatic hydroxyl groups excluding tert-OH is 1. The van der Waals surface area contributed by atoms with Crippen LogP contribution in [0.15, 0.2) is 54.6 Å². The zero-order valence-electron chi connectivity index (χ0n) is 19.3. The van der Waals surface area contributed by atoms with E-state index in [0.29, 0.717) is 12.0 Å². The van der Waals surface area contributed by atoms with Gasteiger partial charge in [-0.25, -0.2) is 0 Å². The molecule has 2 aliphatic heterocycles. The predicted molar refractivity (Wildman–Crippen MR) is 128 cm³/mol. The number of carbonyl (C=O) groups is 3. The van der Waals surface area contributed by atoms with Gasteiger partial charge in [0.2, 0.25) is 11.8 Å². The highest BCUT2D eigenvalue weighted by atomic mass is 16.4. The highest BCUT2D eigenvalue weighted by molar-refractivity contribution is 6.09. The number of benzene rings is 2. The van der Waals surface area contributed by atoms with E-state index in [1.54, 1.807) is 0 Å². The van der Waals surface area contributed by atoms with Gasteiger partial charge in [-0.2, -0.15) is 0 Å². The number of unbranched alkanes of at least 4 members (excludes halogenated alkanes) is 1. The van der Waals surface area contributed by atoms with Gasteiger partial charge in [-0.3, -0.25) is 24.6 Å². The van der Waals surface area contributed by atoms with E-state index in [0.717, 1.165) is 17.5 Å². The van der Waals surface area contributed by atoms with Crippen molar-refractivity contribution in [2.24, 2.45) is 11.8 Å². The first-order valence-corrected chi connectivity index (χ1v) is 11.7. The van der Waals surface area contributed by atoms with E-state index in [4.69, 9.17) is 0 Å². The molecule has 2 aliphatic rings. The number of nitrogens with one attached hydrogen (secondary N) is 1. The van der Waals surface area contributed by atoms with Crippen molar-refractivity contribution in [2.75, 3.05) is 6.54 Å². The molecule has 2 amide bonds. The number of amides is 2. The van der Waals surface area contributed by atoms with E-state index >= 15 is 0 Å². The number of aliphatic carboxylic acids is 1. The van der Waals surface area contributed by atoms with Crippen LogP contribution in [-0.4, -0.2) is 51.1 Å². The Kier molecular flexibility index (Phi) is 6.68. The van der Waals surface area contributed by atoms with Gasteiger partial charge in [0.1, 0.15) is 0 Å². The second-order valence-corrected chi connectivity index (χ2v) is 9.07. The molecule has 0 radical (unpaired) electrons. The lowest BCUT2D eigenvalue weighted by Gasteiger charge is -2.33. The van der Waals surface area contributed by atoms with Crippen LogP contribution in [0.5, 0.6) is 0 Å². The minimum absolute atomic E-state index is 0.257. The minimum Gasteiger partial charge on any atom is -0.480 e. The van der Waals surface area contributed by atoms with Crippen LogP contribution in [0.4, 0.5) is 0 Å². The lowest BCUT2D eigenvalue weighted by atomic mass is 9.76. The van der Waals surface area contributed by atoms with Crippen molar-refractivity contribution in [2.45, 2.75) is 44.4 Å². The number of nitrogens with zero attached hydrogens (tertiary/aromatic N) is 1. The first-order chi connectivity index (χ1) is 16.3. The molecule has 2 aromatic rings. The third kappa shape index (κ3) is 3.95. The largest absolute Gasteiger partial charge is 0.480 e. The van der Waals surface area contributed by atoms with Gasteiger partial charge in [0.25, 0.3) is 0 Å². The summed E-state index contributed by atoms with van der Waals surface area (Å²) < 4.78 is 0. The maximum atomic E-state index is 13.3. The fourth-order valence-electron chi connectivity index (χ4n) is 5.15. The molecule has 34 heavy (non-hydrogen) atoms. The maximum Gasteiger partial charge on any atom is 0.327 e. The van der Waals surface area contributed by atoms with Gasteiger partial charge in [-0.15, -0.1) is 0 Å². The van der Waals surface area contributed by atoms with Crippen LogP contribution < -0.4 is 5.32 Å². The predicted octanol–water partition coefficient (Wildman–Crippen LogP) is 3.11. The highest BCUT2D eigenvalue weighted by Gasteiger charge is 2.70. The van der Waals surface area contributed by atoms with Crippen molar-refractivity contribution in [1.82, 2.24) is 10.2 Å². The van der Waals surface area contributed by atoms with Crippen molar-refractivity contribution in [1.29, 1.82) is 0 Å². The molecule has 7 nitrogen and oxygen atoms in total.